The lowest BCUT2D eigenvalue weighted by Crippen LogP contribution is -2.44. The number of ether oxygens (including phenoxy) is 1. The first kappa shape index (κ1) is 19.5. The van der Waals surface area contributed by atoms with Gasteiger partial charge in [-0.3, -0.25) is 14.4 Å². The molecule has 0 aromatic heterocycles. The minimum Gasteiger partial charge on any atom is -0.385 e. The van der Waals surface area contributed by atoms with Crippen molar-refractivity contribution in [3.8, 4) is 0 Å². The maximum absolute atomic E-state index is 12.9. The van der Waals surface area contributed by atoms with Crippen molar-refractivity contribution in [1.29, 1.82) is 0 Å². The number of Topliss-reactive ketones (excluding diaryl/α,β-unsaturated/α-hetero) is 1. The number of ketones is 1. The van der Waals surface area contributed by atoms with Gasteiger partial charge >= 0.3 is 0 Å². The van der Waals surface area contributed by atoms with Crippen molar-refractivity contribution in [2.24, 2.45) is 5.41 Å². The molecular weight excluding hydrogens is 344 g/mol. The van der Waals surface area contributed by atoms with E-state index >= 15 is 0 Å². The second-order valence-electron chi connectivity index (χ2n) is 7.73. The number of methoxy groups -OCH3 is 1. The molecule has 2 saturated heterocycles. The van der Waals surface area contributed by atoms with Gasteiger partial charge in [0, 0.05) is 57.3 Å². The number of piperidine rings is 1. The molecule has 1 aromatic rings. The molecule has 27 heavy (non-hydrogen) atoms. The van der Waals surface area contributed by atoms with Crippen molar-refractivity contribution in [2.75, 3.05) is 39.9 Å². The van der Waals surface area contributed by atoms with Gasteiger partial charge in [-0.05, 0) is 32.3 Å². The first-order chi connectivity index (χ1) is 13.0. The first-order valence-electron chi connectivity index (χ1n) is 9.62. The highest BCUT2D eigenvalue weighted by atomic mass is 16.5. The summed E-state index contributed by atoms with van der Waals surface area (Å²) >= 11 is 0. The van der Waals surface area contributed by atoms with Crippen LogP contribution in [0.4, 0.5) is 0 Å². The molecule has 0 unspecified atom stereocenters. The Balaban J connectivity index is 1.62. The van der Waals surface area contributed by atoms with Gasteiger partial charge in [0.25, 0.3) is 5.91 Å². The number of likely N-dealkylation sites (tertiary alicyclic amines) is 2. The van der Waals surface area contributed by atoms with Crippen LogP contribution in [0.15, 0.2) is 24.3 Å². The van der Waals surface area contributed by atoms with Crippen LogP contribution in [0.25, 0.3) is 0 Å². The highest BCUT2D eigenvalue weighted by molar-refractivity contribution is 6.07. The van der Waals surface area contributed by atoms with Crippen LogP contribution in [0.3, 0.4) is 0 Å². The number of amides is 2. The van der Waals surface area contributed by atoms with Gasteiger partial charge < -0.3 is 14.5 Å². The molecule has 0 aliphatic carbocycles. The van der Waals surface area contributed by atoms with E-state index in [4.69, 9.17) is 4.74 Å². The fourth-order valence-corrected chi connectivity index (χ4v) is 4.25. The van der Waals surface area contributed by atoms with Crippen molar-refractivity contribution in [3.63, 3.8) is 0 Å². The monoisotopic (exact) mass is 372 g/mol. The van der Waals surface area contributed by atoms with Crippen molar-refractivity contribution in [2.45, 2.75) is 32.6 Å². The molecule has 0 bridgehead atoms. The number of hydrogen-bond acceptors (Lipinski definition) is 4. The molecular formula is C21H28N2O4. The van der Waals surface area contributed by atoms with E-state index in [1.54, 1.807) is 31.4 Å². The molecule has 0 radical (unpaired) electrons. The smallest absolute Gasteiger partial charge is 0.254 e. The standard InChI is InChI=1S/C21H28N2O4/c1-16(24)17-6-3-4-7-18(17)20(26)22-11-8-21(9-12-22)14-19(25)23(15-21)10-5-13-27-2/h3-4,6-7H,5,8-15H2,1-2H3. The Bertz CT molecular complexity index is 723. The normalized spacial score (nSPS) is 19.0. The minimum absolute atomic E-state index is 0.0129. The third kappa shape index (κ3) is 4.21. The molecule has 2 aliphatic rings. The van der Waals surface area contributed by atoms with E-state index in [2.05, 4.69) is 0 Å². The number of nitrogens with zero attached hydrogens (tertiary/aromatic N) is 2. The number of benzene rings is 1. The number of rotatable bonds is 6. The highest BCUT2D eigenvalue weighted by Gasteiger charge is 2.45. The SMILES string of the molecule is COCCCN1CC2(CCN(C(=O)c3ccccc3C(C)=O)CC2)CC1=O. The van der Waals surface area contributed by atoms with Crippen LogP contribution in [0.5, 0.6) is 0 Å². The Morgan fingerprint density at radius 2 is 1.81 bits per heavy atom. The summed E-state index contributed by atoms with van der Waals surface area (Å²) < 4.78 is 5.08. The van der Waals surface area contributed by atoms with Crippen LogP contribution < -0.4 is 0 Å². The zero-order valence-corrected chi connectivity index (χ0v) is 16.2. The minimum atomic E-state index is -0.0967. The van der Waals surface area contributed by atoms with Gasteiger partial charge in [0.05, 0.1) is 5.56 Å². The first-order valence-corrected chi connectivity index (χ1v) is 9.62. The van der Waals surface area contributed by atoms with E-state index in [1.807, 2.05) is 9.80 Å². The molecule has 2 heterocycles. The molecule has 0 N–H and O–H groups in total. The fourth-order valence-electron chi connectivity index (χ4n) is 4.25. The van der Waals surface area contributed by atoms with Crippen LogP contribution in [-0.2, 0) is 9.53 Å². The van der Waals surface area contributed by atoms with Crippen LogP contribution in [0.1, 0.15) is 53.3 Å². The number of hydrogen-bond donors (Lipinski definition) is 0. The summed E-state index contributed by atoms with van der Waals surface area (Å²) in [4.78, 5) is 40.9. The Morgan fingerprint density at radius 3 is 2.44 bits per heavy atom. The summed E-state index contributed by atoms with van der Waals surface area (Å²) in [5.41, 5.74) is 0.939. The van der Waals surface area contributed by atoms with Crippen molar-refractivity contribution in [1.82, 2.24) is 9.80 Å². The van der Waals surface area contributed by atoms with Crippen LogP contribution in [0, 0.1) is 5.41 Å². The average Bonchev–Trinajstić information content (AvgIpc) is 2.97. The third-order valence-electron chi connectivity index (χ3n) is 5.83. The van der Waals surface area contributed by atoms with Gasteiger partial charge in [-0.1, -0.05) is 18.2 Å². The molecule has 0 saturated carbocycles. The summed E-state index contributed by atoms with van der Waals surface area (Å²) in [6, 6.07) is 6.99. The van der Waals surface area contributed by atoms with Crippen LogP contribution in [0.2, 0.25) is 0 Å². The summed E-state index contributed by atoms with van der Waals surface area (Å²) in [6.07, 6.45) is 3.08. The summed E-state index contributed by atoms with van der Waals surface area (Å²) in [5.74, 6) is 0.0326. The molecule has 1 aromatic carbocycles. The second-order valence-corrected chi connectivity index (χ2v) is 7.73. The number of carbonyl (C=O) groups is 3. The van der Waals surface area contributed by atoms with Crippen LogP contribution in [-0.4, -0.2) is 67.3 Å². The molecule has 3 rings (SSSR count). The maximum Gasteiger partial charge on any atom is 0.254 e. The molecule has 2 aliphatic heterocycles. The Labute approximate surface area is 160 Å². The van der Waals surface area contributed by atoms with Crippen molar-refractivity contribution in [3.05, 3.63) is 35.4 Å². The van der Waals surface area contributed by atoms with E-state index in [-0.39, 0.29) is 23.0 Å². The van der Waals surface area contributed by atoms with Gasteiger partial charge in [0.15, 0.2) is 5.78 Å². The predicted molar refractivity (Wildman–Crippen MR) is 102 cm³/mol. The lowest BCUT2D eigenvalue weighted by molar-refractivity contribution is -0.128. The van der Waals surface area contributed by atoms with Gasteiger partial charge in [0.1, 0.15) is 0 Å². The molecule has 2 fully saturated rings. The van der Waals surface area contributed by atoms with Gasteiger partial charge in [-0.15, -0.1) is 0 Å². The van der Waals surface area contributed by atoms with Gasteiger partial charge in [-0.25, -0.2) is 0 Å². The quantitative estimate of drug-likeness (QED) is 0.568. The molecule has 2 amide bonds. The molecule has 6 nitrogen and oxygen atoms in total. The van der Waals surface area contributed by atoms with E-state index in [0.717, 1.165) is 32.4 Å². The molecule has 0 atom stereocenters. The predicted octanol–water partition coefficient (Wildman–Crippen LogP) is 2.38. The van der Waals surface area contributed by atoms with Crippen LogP contribution >= 0.6 is 0 Å². The topological polar surface area (TPSA) is 66.9 Å². The Kier molecular flexibility index (Phi) is 5.95. The molecule has 1 spiro atoms. The third-order valence-corrected chi connectivity index (χ3v) is 5.83. The second kappa shape index (κ2) is 8.21. The summed E-state index contributed by atoms with van der Waals surface area (Å²) in [6.45, 7) is 4.92. The number of carbonyl (C=O) groups excluding carboxylic acids is 3. The summed E-state index contributed by atoms with van der Waals surface area (Å²) in [7, 11) is 1.67. The van der Waals surface area contributed by atoms with Crippen molar-refractivity contribution >= 4 is 17.6 Å². The highest BCUT2D eigenvalue weighted by Crippen LogP contribution is 2.41. The fraction of sp³-hybridized carbons (Fsp3) is 0.571. The van der Waals surface area contributed by atoms with Gasteiger partial charge in [-0.2, -0.15) is 0 Å². The maximum atomic E-state index is 12.9. The average molecular weight is 372 g/mol. The largest absolute Gasteiger partial charge is 0.385 e. The molecule has 146 valence electrons. The lowest BCUT2D eigenvalue weighted by Gasteiger charge is -2.39. The Hall–Kier alpha value is -2.21. The summed E-state index contributed by atoms with van der Waals surface area (Å²) in [5, 5.41) is 0. The van der Waals surface area contributed by atoms with E-state index in [0.29, 0.717) is 37.2 Å². The van der Waals surface area contributed by atoms with Gasteiger partial charge in [0.2, 0.25) is 5.91 Å². The van der Waals surface area contributed by atoms with E-state index in [1.165, 1.54) is 6.92 Å². The Morgan fingerprint density at radius 1 is 1.15 bits per heavy atom. The zero-order valence-electron chi connectivity index (χ0n) is 16.2. The van der Waals surface area contributed by atoms with E-state index < -0.39 is 0 Å². The zero-order chi connectivity index (χ0) is 19.4. The molecule has 6 heteroatoms. The lowest BCUT2D eigenvalue weighted by atomic mass is 9.77. The van der Waals surface area contributed by atoms with Crippen molar-refractivity contribution < 1.29 is 19.1 Å². The van der Waals surface area contributed by atoms with E-state index in [9.17, 15) is 14.4 Å².